The fourth-order valence-electron chi connectivity index (χ4n) is 1.79. The number of hydrogen-bond acceptors (Lipinski definition) is 2. The Labute approximate surface area is 141 Å². The van der Waals surface area contributed by atoms with Gasteiger partial charge in [0, 0.05) is 17.1 Å². The Hall–Kier alpha value is -1.66. The van der Waals surface area contributed by atoms with Gasteiger partial charge < -0.3 is 5.32 Å². The molecule has 0 aromatic heterocycles. The summed E-state index contributed by atoms with van der Waals surface area (Å²) in [5.74, 6) is 0.140. The molecule has 2 rings (SSSR count). The molecule has 2 aromatic rings. The van der Waals surface area contributed by atoms with Gasteiger partial charge in [0.25, 0.3) is 0 Å². The molecule has 0 unspecified atom stereocenters. The van der Waals surface area contributed by atoms with Gasteiger partial charge in [-0.1, -0.05) is 29.8 Å². The molecule has 1 N–H and O–H groups in total. The van der Waals surface area contributed by atoms with Gasteiger partial charge in [-0.15, -0.1) is 11.8 Å². The normalized spacial score (nSPS) is 11.3. The molecule has 122 valence electrons. The van der Waals surface area contributed by atoms with Gasteiger partial charge in [-0.05, 0) is 30.3 Å². The van der Waals surface area contributed by atoms with Crippen LogP contribution in [0.1, 0.15) is 12.0 Å². The average Bonchev–Trinajstić information content (AvgIpc) is 2.49. The monoisotopic (exact) mass is 359 g/mol. The van der Waals surface area contributed by atoms with Gasteiger partial charge in [-0.25, -0.2) is 0 Å². The minimum atomic E-state index is -4.48. The Morgan fingerprint density at radius 3 is 2.48 bits per heavy atom. The van der Waals surface area contributed by atoms with Gasteiger partial charge in [-0.2, -0.15) is 13.2 Å². The van der Waals surface area contributed by atoms with Gasteiger partial charge in [0.1, 0.15) is 0 Å². The van der Waals surface area contributed by atoms with Crippen LogP contribution in [-0.2, 0) is 11.0 Å². The highest BCUT2D eigenvalue weighted by Gasteiger charge is 2.31. The van der Waals surface area contributed by atoms with Crippen LogP contribution < -0.4 is 5.32 Å². The van der Waals surface area contributed by atoms with Gasteiger partial charge in [0.2, 0.25) is 5.91 Å². The molecule has 0 spiro atoms. The summed E-state index contributed by atoms with van der Waals surface area (Å²) in [6, 6.07) is 12.4. The Morgan fingerprint density at radius 2 is 1.83 bits per heavy atom. The molecule has 23 heavy (non-hydrogen) atoms. The van der Waals surface area contributed by atoms with Gasteiger partial charge in [-0.3, -0.25) is 4.79 Å². The molecule has 0 aliphatic rings. The number of carbonyl (C=O) groups is 1. The minimum Gasteiger partial charge on any atom is -0.325 e. The van der Waals surface area contributed by atoms with E-state index in [0.717, 1.165) is 23.1 Å². The van der Waals surface area contributed by atoms with Gasteiger partial charge >= 0.3 is 6.18 Å². The van der Waals surface area contributed by atoms with Crippen molar-refractivity contribution in [2.45, 2.75) is 17.5 Å². The molecule has 2 aromatic carbocycles. The van der Waals surface area contributed by atoms with Crippen molar-refractivity contribution >= 4 is 35.0 Å². The number of carbonyl (C=O) groups excluding carboxylic acids is 1. The van der Waals surface area contributed by atoms with Crippen LogP contribution >= 0.6 is 23.4 Å². The summed E-state index contributed by atoms with van der Waals surface area (Å²) in [6.45, 7) is 0. The lowest BCUT2D eigenvalue weighted by Gasteiger charge is -2.11. The molecule has 0 radical (unpaired) electrons. The third-order valence-corrected chi connectivity index (χ3v) is 4.25. The molecular formula is C16H13ClF3NOS. The van der Waals surface area contributed by atoms with Crippen LogP contribution in [0.4, 0.5) is 18.9 Å². The molecular weight excluding hydrogens is 347 g/mol. The minimum absolute atomic E-state index is 0.0313. The summed E-state index contributed by atoms with van der Waals surface area (Å²) >= 11 is 7.33. The van der Waals surface area contributed by atoms with Crippen molar-refractivity contribution in [3.8, 4) is 0 Å². The van der Waals surface area contributed by atoms with Gasteiger partial charge in [0.15, 0.2) is 0 Å². The lowest BCUT2D eigenvalue weighted by atomic mass is 10.2. The number of halogens is 4. The number of nitrogens with one attached hydrogen (secondary N) is 1. The maximum atomic E-state index is 12.7. The largest absolute Gasteiger partial charge is 0.416 e. The van der Waals surface area contributed by atoms with E-state index >= 15 is 0 Å². The summed E-state index contributed by atoms with van der Waals surface area (Å²) in [5, 5.41) is 2.50. The Balaban J connectivity index is 1.92. The summed E-state index contributed by atoms with van der Waals surface area (Å²) in [5.41, 5.74) is -0.882. The van der Waals surface area contributed by atoms with E-state index in [1.807, 2.05) is 30.3 Å². The number of amides is 1. The van der Waals surface area contributed by atoms with E-state index in [-0.39, 0.29) is 23.0 Å². The third kappa shape index (κ3) is 5.48. The van der Waals surface area contributed by atoms with E-state index in [2.05, 4.69) is 5.32 Å². The van der Waals surface area contributed by atoms with Crippen LogP contribution in [0.25, 0.3) is 0 Å². The molecule has 0 heterocycles. The Kier molecular flexibility index (Phi) is 5.96. The second-order valence-electron chi connectivity index (χ2n) is 4.65. The summed E-state index contributed by atoms with van der Waals surface area (Å²) in [6.07, 6.45) is -4.31. The molecule has 0 saturated carbocycles. The first kappa shape index (κ1) is 17.7. The topological polar surface area (TPSA) is 29.1 Å². The first-order valence-corrected chi connectivity index (χ1v) is 8.07. The molecule has 0 atom stereocenters. The number of benzene rings is 2. The lowest BCUT2D eigenvalue weighted by Crippen LogP contribution is -2.14. The van der Waals surface area contributed by atoms with Crippen LogP contribution in [0.5, 0.6) is 0 Å². The van der Waals surface area contributed by atoms with E-state index in [1.54, 1.807) is 0 Å². The number of hydrogen-bond donors (Lipinski definition) is 1. The van der Waals surface area contributed by atoms with Crippen LogP contribution in [0, 0.1) is 0 Å². The third-order valence-electron chi connectivity index (χ3n) is 2.91. The quantitative estimate of drug-likeness (QED) is 0.716. The zero-order chi connectivity index (χ0) is 16.9. The van der Waals surface area contributed by atoms with E-state index in [4.69, 9.17) is 11.6 Å². The molecule has 0 bridgehead atoms. The second kappa shape index (κ2) is 7.75. The standard InChI is InChI=1S/C16H13ClF3NOS/c17-13-7-6-11(16(18,19)20)10-14(13)21-15(22)8-9-23-12-4-2-1-3-5-12/h1-7,10H,8-9H2,(H,21,22). The summed E-state index contributed by atoms with van der Waals surface area (Å²) < 4.78 is 38.0. The second-order valence-corrected chi connectivity index (χ2v) is 6.23. The number of rotatable bonds is 5. The molecule has 0 saturated heterocycles. The van der Waals surface area contributed by atoms with Crippen LogP contribution in [-0.4, -0.2) is 11.7 Å². The van der Waals surface area contributed by atoms with Crippen LogP contribution in [0.15, 0.2) is 53.4 Å². The molecule has 0 aliphatic heterocycles. The Bertz CT molecular complexity index is 677. The number of alkyl halides is 3. The maximum absolute atomic E-state index is 12.7. The highest BCUT2D eigenvalue weighted by atomic mass is 35.5. The number of thioether (sulfide) groups is 1. The highest BCUT2D eigenvalue weighted by molar-refractivity contribution is 7.99. The van der Waals surface area contributed by atoms with Crippen molar-refractivity contribution in [3.63, 3.8) is 0 Å². The average molecular weight is 360 g/mol. The number of anilines is 1. The fourth-order valence-corrected chi connectivity index (χ4v) is 2.83. The molecule has 0 fully saturated rings. The zero-order valence-corrected chi connectivity index (χ0v) is 13.4. The Morgan fingerprint density at radius 1 is 1.13 bits per heavy atom. The summed E-state index contributed by atoms with van der Waals surface area (Å²) in [7, 11) is 0. The fraction of sp³-hybridized carbons (Fsp3) is 0.188. The van der Waals surface area contributed by atoms with Crippen molar-refractivity contribution in [3.05, 3.63) is 59.1 Å². The first-order valence-electron chi connectivity index (χ1n) is 6.71. The van der Waals surface area contributed by atoms with E-state index in [9.17, 15) is 18.0 Å². The van der Waals surface area contributed by atoms with Crippen molar-refractivity contribution in [1.82, 2.24) is 0 Å². The molecule has 1 amide bonds. The van der Waals surface area contributed by atoms with E-state index in [0.29, 0.717) is 5.75 Å². The predicted molar refractivity (Wildman–Crippen MR) is 86.9 cm³/mol. The van der Waals surface area contributed by atoms with Crippen LogP contribution in [0.2, 0.25) is 5.02 Å². The molecule has 0 aliphatic carbocycles. The van der Waals surface area contributed by atoms with Crippen molar-refractivity contribution in [1.29, 1.82) is 0 Å². The van der Waals surface area contributed by atoms with Crippen LogP contribution in [0.3, 0.4) is 0 Å². The molecule has 2 nitrogen and oxygen atoms in total. The van der Waals surface area contributed by atoms with E-state index < -0.39 is 11.7 Å². The van der Waals surface area contributed by atoms with Crippen molar-refractivity contribution in [2.75, 3.05) is 11.1 Å². The predicted octanol–water partition coefficient (Wildman–Crippen LogP) is 5.48. The zero-order valence-electron chi connectivity index (χ0n) is 11.9. The molecule has 7 heteroatoms. The van der Waals surface area contributed by atoms with Crippen molar-refractivity contribution < 1.29 is 18.0 Å². The van der Waals surface area contributed by atoms with E-state index in [1.165, 1.54) is 11.8 Å². The maximum Gasteiger partial charge on any atom is 0.416 e. The van der Waals surface area contributed by atoms with Crippen molar-refractivity contribution in [2.24, 2.45) is 0 Å². The first-order chi connectivity index (χ1) is 10.9. The highest BCUT2D eigenvalue weighted by Crippen LogP contribution is 2.33. The lowest BCUT2D eigenvalue weighted by molar-refractivity contribution is -0.137. The smallest absolute Gasteiger partial charge is 0.325 e. The van der Waals surface area contributed by atoms with Gasteiger partial charge in [0.05, 0.1) is 16.3 Å². The summed E-state index contributed by atoms with van der Waals surface area (Å²) in [4.78, 5) is 12.9. The SMILES string of the molecule is O=C(CCSc1ccccc1)Nc1cc(C(F)(F)F)ccc1Cl.